The van der Waals surface area contributed by atoms with E-state index in [-0.39, 0.29) is 12.3 Å². The smallest absolute Gasteiger partial charge is 0.329 e. The Morgan fingerprint density at radius 2 is 1.90 bits per heavy atom. The number of likely N-dealkylation sites (tertiary alicyclic amines) is 1. The summed E-state index contributed by atoms with van der Waals surface area (Å²) in [6.07, 6.45) is 1.56. The predicted octanol–water partition coefficient (Wildman–Crippen LogP) is 2.31. The van der Waals surface area contributed by atoms with Gasteiger partial charge in [-0.05, 0) is 50.3 Å². The minimum Gasteiger partial charge on any atom is -0.480 e. The van der Waals surface area contributed by atoms with Crippen molar-refractivity contribution >= 4 is 11.9 Å². The summed E-state index contributed by atoms with van der Waals surface area (Å²) >= 11 is 0. The molecule has 4 heteroatoms. The molecule has 0 bridgehead atoms. The van der Waals surface area contributed by atoms with E-state index in [1.165, 1.54) is 4.90 Å². The summed E-state index contributed by atoms with van der Waals surface area (Å²) in [5.74, 6) is -1.00. The summed E-state index contributed by atoms with van der Waals surface area (Å²) in [6, 6.07) is 5.93. The maximum Gasteiger partial charge on any atom is 0.329 e. The van der Waals surface area contributed by atoms with Gasteiger partial charge in [0, 0.05) is 6.54 Å². The van der Waals surface area contributed by atoms with E-state index >= 15 is 0 Å². The minimum absolute atomic E-state index is 0.0928. The van der Waals surface area contributed by atoms with Crippen molar-refractivity contribution in [1.82, 2.24) is 4.90 Å². The van der Waals surface area contributed by atoms with Crippen molar-refractivity contribution in [2.24, 2.45) is 0 Å². The fourth-order valence-electron chi connectivity index (χ4n) is 2.96. The largest absolute Gasteiger partial charge is 0.480 e. The number of hydrogen-bond donors (Lipinski definition) is 1. The lowest BCUT2D eigenvalue weighted by Gasteiger charge is -2.31. The second-order valence-corrected chi connectivity index (χ2v) is 5.78. The van der Waals surface area contributed by atoms with Crippen molar-refractivity contribution in [1.29, 1.82) is 0 Å². The molecule has 1 aromatic rings. The van der Waals surface area contributed by atoms with Gasteiger partial charge in [0.2, 0.25) is 5.91 Å². The van der Waals surface area contributed by atoms with Gasteiger partial charge in [0.25, 0.3) is 0 Å². The van der Waals surface area contributed by atoms with Crippen LogP contribution in [0.25, 0.3) is 0 Å². The number of rotatable bonds is 3. The molecule has 1 aliphatic rings. The van der Waals surface area contributed by atoms with Crippen molar-refractivity contribution in [3.63, 3.8) is 0 Å². The molecule has 1 aliphatic heterocycles. The average Bonchev–Trinajstić information content (AvgIpc) is 2.77. The number of hydrogen-bond acceptors (Lipinski definition) is 2. The van der Waals surface area contributed by atoms with E-state index in [1.54, 1.807) is 6.92 Å². The van der Waals surface area contributed by atoms with Gasteiger partial charge in [-0.15, -0.1) is 0 Å². The van der Waals surface area contributed by atoms with Crippen molar-refractivity contribution in [3.05, 3.63) is 34.9 Å². The van der Waals surface area contributed by atoms with Crippen LogP contribution in [-0.4, -0.2) is 34.0 Å². The van der Waals surface area contributed by atoms with Crippen LogP contribution in [0.5, 0.6) is 0 Å². The van der Waals surface area contributed by atoms with E-state index in [4.69, 9.17) is 0 Å². The van der Waals surface area contributed by atoms with E-state index in [0.717, 1.165) is 23.1 Å². The highest BCUT2D eigenvalue weighted by molar-refractivity contribution is 5.88. The van der Waals surface area contributed by atoms with Crippen LogP contribution in [0.4, 0.5) is 0 Å². The van der Waals surface area contributed by atoms with Gasteiger partial charge in [0.05, 0.1) is 6.42 Å². The van der Waals surface area contributed by atoms with Gasteiger partial charge >= 0.3 is 5.97 Å². The molecule has 1 atom stereocenters. The van der Waals surface area contributed by atoms with Gasteiger partial charge in [0.15, 0.2) is 0 Å². The Bertz CT molecular complexity index is 532. The van der Waals surface area contributed by atoms with Crippen LogP contribution < -0.4 is 0 Å². The molecule has 1 N–H and O–H groups in total. The molecule has 20 heavy (non-hydrogen) atoms. The first-order chi connectivity index (χ1) is 9.36. The molecule has 0 saturated carbocycles. The molecule has 0 radical (unpaired) electrons. The van der Waals surface area contributed by atoms with Gasteiger partial charge in [-0.1, -0.05) is 18.2 Å². The minimum atomic E-state index is -1.05. The van der Waals surface area contributed by atoms with Crippen molar-refractivity contribution in [2.75, 3.05) is 6.54 Å². The molecular formula is C16H21NO3. The topological polar surface area (TPSA) is 57.6 Å². The number of benzene rings is 1. The molecule has 0 aliphatic carbocycles. The summed E-state index contributed by atoms with van der Waals surface area (Å²) in [6.45, 7) is 6.14. The average molecular weight is 275 g/mol. The van der Waals surface area contributed by atoms with Crippen LogP contribution in [0.15, 0.2) is 18.2 Å². The molecular weight excluding hydrogens is 254 g/mol. The van der Waals surface area contributed by atoms with Gasteiger partial charge in [-0.25, -0.2) is 4.79 Å². The van der Waals surface area contributed by atoms with Crippen molar-refractivity contribution in [2.45, 2.75) is 45.6 Å². The van der Waals surface area contributed by atoms with Crippen LogP contribution >= 0.6 is 0 Å². The lowest BCUT2D eigenvalue weighted by atomic mass is 9.96. The van der Waals surface area contributed by atoms with E-state index in [1.807, 2.05) is 32.0 Å². The lowest BCUT2D eigenvalue weighted by molar-refractivity contribution is -0.155. The van der Waals surface area contributed by atoms with Crippen molar-refractivity contribution in [3.8, 4) is 0 Å². The fourth-order valence-corrected chi connectivity index (χ4v) is 2.96. The molecule has 1 saturated heterocycles. The number of aryl methyl sites for hydroxylation is 2. The summed E-state index contributed by atoms with van der Waals surface area (Å²) in [5, 5.41) is 9.37. The summed E-state index contributed by atoms with van der Waals surface area (Å²) in [7, 11) is 0. The molecule has 1 fully saturated rings. The molecule has 1 unspecified atom stereocenters. The molecule has 1 aromatic carbocycles. The quantitative estimate of drug-likeness (QED) is 0.921. The first-order valence-electron chi connectivity index (χ1n) is 6.95. The molecule has 108 valence electrons. The third-order valence-corrected chi connectivity index (χ3v) is 4.38. The maximum absolute atomic E-state index is 12.5. The van der Waals surface area contributed by atoms with Crippen LogP contribution in [0.1, 0.15) is 36.5 Å². The zero-order chi connectivity index (χ0) is 14.9. The Labute approximate surface area is 119 Å². The fraction of sp³-hybridized carbons (Fsp3) is 0.500. The Morgan fingerprint density at radius 1 is 1.30 bits per heavy atom. The number of carboxylic acids is 1. The van der Waals surface area contributed by atoms with Crippen molar-refractivity contribution < 1.29 is 14.7 Å². The van der Waals surface area contributed by atoms with E-state index in [9.17, 15) is 14.7 Å². The Kier molecular flexibility index (Phi) is 3.84. The molecule has 2 rings (SSSR count). The number of carbonyl (C=O) groups is 2. The van der Waals surface area contributed by atoms with Crippen LogP contribution in [0, 0.1) is 13.8 Å². The third kappa shape index (κ3) is 2.42. The summed E-state index contributed by atoms with van der Waals surface area (Å²) in [4.78, 5) is 25.5. The maximum atomic E-state index is 12.5. The highest BCUT2D eigenvalue weighted by Crippen LogP contribution is 2.30. The Hall–Kier alpha value is -1.84. The number of amides is 1. The summed E-state index contributed by atoms with van der Waals surface area (Å²) < 4.78 is 0. The van der Waals surface area contributed by atoms with Gasteiger partial charge in [-0.3, -0.25) is 4.79 Å². The first kappa shape index (κ1) is 14.6. The zero-order valence-corrected chi connectivity index (χ0v) is 12.3. The molecule has 1 amide bonds. The third-order valence-electron chi connectivity index (χ3n) is 4.38. The monoisotopic (exact) mass is 275 g/mol. The number of nitrogens with zero attached hydrogens (tertiary/aromatic N) is 1. The van der Waals surface area contributed by atoms with Gasteiger partial charge in [0.1, 0.15) is 5.54 Å². The van der Waals surface area contributed by atoms with E-state index in [0.29, 0.717) is 13.0 Å². The zero-order valence-electron chi connectivity index (χ0n) is 12.3. The second-order valence-electron chi connectivity index (χ2n) is 5.78. The van der Waals surface area contributed by atoms with Gasteiger partial charge in [-0.2, -0.15) is 0 Å². The lowest BCUT2D eigenvalue weighted by Crippen LogP contribution is -2.51. The van der Waals surface area contributed by atoms with Gasteiger partial charge < -0.3 is 10.0 Å². The van der Waals surface area contributed by atoms with E-state index in [2.05, 4.69) is 0 Å². The highest BCUT2D eigenvalue weighted by Gasteiger charge is 2.45. The number of aliphatic carboxylic acids is 1. The van der Waals surface area contributed by atoms with Crippen LogP contribution in [0.3, 0.4) is 0 Å². The highest BCUT2D eigenvalue weighted by atomic mass is 16.4. The predicted molar refractivity (Wildman–Crippen MR) is 76.6 cm³/mol. The van der Waals surface area contributed by atoms with Crippen LogP contribution in [0.2, 0.25) is 0 Å². The number of carboxylic acid groups (broad SMARTS) is 1. The SMILES string of the molecule is Cc1cccc(C)c1CC(=O)N1CCCC1(C)C(=O)O. The van der Waals surface area contributed by atoms with E-state index < -0.39 is 11.5 Å². The summed E-state index contributed by atoms with van der Waals surface area (Å²) in [5.41, 5.74) is 2.12. The molecule has 0 aromatic heterocycles. The second kappa shape index (κ2) is 5.27. The molecule has 4 nitrogen and oxygen atoms in total. The molecule has 0 spiro atoms. The van der Waals surface area contributed by atoms with Crippen LogP contribution in [-0.2, 0) is 16.0 Å². The molecule has 1 heterocycles. The normalized spacial score (nSPS) is 22.1. The Morgan fingerprint density at radius 3 is 2.45 bits per heavy atom. The number of carbonyl (C=O) groups excluding carboxylic acids is 1. The Balaban J connectivity index is 2.23. The first-order valence-corrected chi connectivity index (χ1v) is 6.95. The standard InChI is InChI=1S/C16H21NO3/c1-11-6-4-7-12(2)13(11)10-14(18)17-9-5-8-16(17,3)15(19)20/h4,6-7H,5,8-10H2,1-3H3,(H,19,20).